The minimum Gasteiger partial charge on any atom is -0.395 e. The van der Waals surface area contributed by atoms with Crippen LogP contribution in [-0.4, -0.2) is 29.2 Å². The van der Waals surface area contributed by atoms with E-state index in [-0.39, 0.29) is 24.5 Å². The topological polar surface area (TPSA) is 49.5 Å². The molecule has 4 heteroatoms. The normalized spacial score (nSPS) is 21.5. The molecule has 0 spiro atoms. The van der Waals surface area contributed by atoms with E-state index in [9.17, 15) is 9.50 Å². The molecule has 17 heavy (non-hydrogen) atoms. The van der Waals surface area contributed by atoms with Gasteiger partial charge in [-0.05, 0) is 29.7 Å². The number of nitrogens with two attached hydrogens (primary N) is 1. The number of hydrogen-bond acceptors (Lipinski definition) is 3. The van der Waals surface area contributed by atoms with Crippen LogP contribution in [-0.2, 0) is 6.54 Å². The van der Waals surface area contributed by atoms with Crippen molar-refractivity contribution in [3.8, 4) is 0 Å². The molecule has 1 aliphatic heterocycles. The number of fused-ring (bicyclic) bond motifs is 1. The molecule has 1 heterocycles. The highest BCUT2D eigenvalue weighted by Crippen LogP contribution is 2.35. The van der Waals surface area contributed by atoms with Gasteiger partial charge in [0.25, 0.3) is 0 Å². The molecule has 0 radical (unpaired) electrons. The van der Waals surface area contributed by atoms with Crippen molar-refractivity contribution in [2.45, 2.75) is 32.0 Å². The molecule has 3 N–H and O–H groups in total. The summed E-state index contributed by atoms with van der Waals surface area (Å²) in [6.07, 6.45) is 0.865. The summed E-state index contributed by atoms with van der Waals surface area (Å²) >= 11 is 0. The van der Waals surface area contributed by atoms with Gasteiger partial charge in [-0.15, -0.1) is 0 Å². The van der Waals surface area contributed by atoms with Crippen LogP contribution in [0.5, 0.6) is 0 Å². The third kappa shape index (κ3) is 2.20. The van der Waals surface area contributed by atoms with Gasteiger partial charge in [0.2, 0.25) is 0 Å². The molecule has 2 rings (SSSR count). The van der Waals surface area contributed by atoms with Crippen molar-refractivity contribution in [3.63, 3.8) is 0 Å². The Morgan fingerprint density at radius 1 is 1.59 bits per heavy atom. The second-order valence-corrected chi connectivity index (χ2v) is 4.51. The largest absolute Gasteiger partial charge is 0.395 e. The van der Waals surface area contributed by atoms with Crippen LogP contribution in [0.15, 0.2) is 18.2 Å². The molecule has 2 unspecified atom stereocenters. The maximum Gasteiger partial charge on any atom is 0.123 e. The van der Waals surface area contributed by atoms with E-state index in [0.717, 1.165) is 24.1 Å². The first-order valence-electron chi connectivity index (χ1n) is 6.06. The lowest BCUT2D eigenvalue weighted by atomic mass is 10.0. The SMILES string of the molecule is CCC(CO)N1Cc2ccc(F)cc2C1CN. The Bertz CT molecular complexity index is 393. The lowest BCUT2D eigenvalue weighted by molar-refractivity contribution is 0.0894. The van der Waals surface area contributed by atoms with E-state index < -0.39 is 0 Å². The Labute approximate surface area is 101 Å². The minimum atomic E-state index is -0.221. The predicted octanol–water partition coefficient (Wildman–Crippen LogP) is 1.41. The number of benzene rings is 1. The maximum atomic E-state index is 13.3. The second kappa shape index (κ2) is 5.12. The standard InChI is InChI=1S/C13H19FN2O/c1-2-11(8-17)16-7-9-3-4-10(14)5-12(9)13(16)6-15/h3-5,11,13,17H,2,6-8,15H2,1H3. The van der Waals surface area contributed by atoms with Crippen molar-refractivity contribution in [1.82, 2.24) is 4.90 Å². The lowest BCUT2D eigenvalue weighted by Gasteiger charge is -2.30. The average molecular weight is 238 g/mol. The summed E-state index contributed by atoms with van der Waals surface area (Å²) in [5, 5.41) is 9.38. The Morgan fingerprint density at radius 3 is 2.94 bits per heavy atom. The third-order valence-corrected chi connectivity index (χ3v) is 3.59. The quantitative estimate of drug-likeness (QED) is 0.834. The minimum absolute atomic E-state index is 0.0257. The fraction of sp³-hybridized carbons (Fsp3) is 0.538. The molecule has 0 saturated heterocycles. The molecule has 2 atom stereocenters. The maximum absolute atomic E-state index is 13.3. The molecule has 0 amide bonds. The molecule has 1 aromatic rings. The second-order valence-electron chi connectivity index (χ2n) is 4.51. The van der Waals surface area contributed by atoms with E-state index in [4.69, 9.17) is 5.73 Å². The van der Waals surface area contributed by atoms with E-state index in [1.165, 1.54) is 6.07 Å². The van der Waals surface area contributed by atoms with E-state index in [0.29, 0.717) is 6.54 Å². The fourth-order valence-electron chi connectivity index (χ4n) is 2.62. The lowest BCUT2D eigenvalue weighted by Crippen LogP contribution is -2.38. The van der Waals surface area contributed by atoms with Crippen LogP contribution in [0, 0.1) is 5.82 Å². The van der Waals surface area contributed by atoms with Crippen LogP contribution >= 0.6 is 0 Å². The Kier molecular flexibility index (Phi) is 3.76. The molecule has 0 saturated carbocycles. The number of rotatable bonds is 4. The van der Waals surface area contributed by atoms with Crippen molar-refractivity contribution in [1.29, 1.82) is 0 Å². The summed E-state index contributed by atoms with van der Waals surface area (Å²) in [5.74, 6) is -0.221. The molecule has 94 valence electrons. The highest BCUT2D eigenvalue weighted by molar-refractivity contribution is 5.35. The number of aliphatic hydroxyl groups is 1. The Morgan fingerprint density at radius 2 is 2.35 bits per heavy atom. The Balaban J connectivity index is 2.31. The van der Waals surface area contributed by atoms with E-state index in [2.05, 4.69) is 4.90 Å². The summed E-state index contributed by atoms with van der Waals surface area (Å²) in [6, 6.07) is 4.99. The molecule has 1 aliphatic rings. The van der Waals surface area contributed by atoms with Crippen molar-refractivity contribution >= 4 is 0 Å². The van der Waals surface area contributed by atoms with Gasteiger partial charge in [-0.2, -0.15) is 0 Å². The van der Waals surface area contributed by atoms with Gasteiger partial charge in [0.15, 0.2) is 0 Å². The van der Waals surface area contributed by atoms with Gasteiger partial charge in [0.1, 0.15) is 5.82 Å². The van der Waals surface area contributed by atoms with Crippen molar-refractivity contribution in [2.24, 2.45) is 5.73 Å². The van der Waals surface area contributed by atoms with E-state index in [1.54, 1.807) is 6.07 Å². The number of nitrogens with zero attached hydrogens (tertiary/aromatic N) is 1. The zero-order valence-corrected chi connectivity index (χ0v) is 10.1. The average Bonchev–Trinajstić information content (AvgIpc) is 2.68. The predicted molar refractivity (Wildman–Crippen MR) is 64.9 cm³/mol. The molecular formula is C13H19FN2O. The van der Waals surface area contributed by atoms with Crippen molar-refractivity contribution in [2.75, 3.05) is 13.2 Å². The summed E-state index contributed by atoms with van der Waals surface area (Å²) < 4.78 is 13.3. The molecule has 0 fully saturated rings. The molecule has 0 aromatic heterocycles. The fourth-order valence-corrected chi connectivity index (χ4v) is 2.62. The molecule has 0 bridgehead atoms. The number of halogens is 1. The van der Waals surface area contributed by atoms with Gasteiger partial charge in [0, 0.05) is 25.2 Å². The van der Waals surface area contributed by atoms with Crippen LogP contribution < -0.4 is 5.73 Å². The summed E-state index contributed by atoms with van der Waals surface area (Å²) in [7, 11) is 0. The van der Waals surface area contributed by atoms with Crippen LogP contribution in [0.4, 0.5) is 4.39 Å². The highest BCUT2D eigenvalue weighted by atomic mass is 19.1. The van der Waals surface area contributed by atoms with Gasteiger partial charge in [-0.3, -0.25) is 4.90 Å². The summed E-state index contributed by atoms with van der Waals surface area (Å²) in [4.78, 5) is 2.17. The third-order valence-electron chi connectivity index (χ3n) is 3.59. The monoisotopic (exact) mass is 238 g/mol. The van der Waals surface area contributed by atoms with Gasteiger partial charge < -0.3 is 10.8 Å². The Hall–Kier alpha value is -0.970. The van der Waals surface area contributed by atoms with Gasteiger partial charge in [0.05, 0.1) is 6.61 Å². The summed E-state index contributed by atoms with van der Waals surface area (Å²) in [6.45, 7) is 3.35. The van der Waals surface area contributed by atoms with Crippen LogP contribution in [0.2, 0.25) is 0 Å². The smallest absolute Gasteiger partial charge is 0.123 e. The highest BCUT2D eigenvalue weighted by Gasteiger charge is 2.33. The zero-order chi connectivity index (χ0) is 12.4. The number of hydrogen-bond donors (Lipinski definition) is 2. The molecule has 3 nitrogen and oxygen atoms in total. The first-order valence-corrected chi connectivity index (χ1v) is 6.06. The first kappa shape index (κ1) is 12.5. The zero-order valence-electron chi connectivity index (χ0n) is 10.1. The van der Waals surface area contributed by atoms with Crippen molar-refractivity contribution < 1.29 is 9.50 Å². The van der Waals surface area contributed by atoms with Crippen LogP contribution in [0.25, 0.3) is 0 Å². The van der Waals surface area contributed by atoms with Gasteiger partial charge >= 0.3 is 0 Å². The molecule has 0 aliphatic carbocycles. The first-order chi connectivity index (χ1) is 8.21. The van der Waals surface area contributed by atoms with Gasteiger partial charge in [-0.25, -0.2) is 4.39 Å². The van der Waals surface area contributed by atoms with Crippen molar-refractivity contribution in [3.05, 3.63) is 35.1 Å². The van der Waals surface area contributed by atoms with Crippen LogP contribution in [0.1, 0.15) is 30.5 Å². The van der Waals surface area contributed by atoms with E-state index >= 15 is 0 Å². The molecule has 1 aromatic carbocycles. The van der Waals surface area contributed by atoms with E-state index in [1.807, 2.05) is 13.0 Å². The number of aliphatic hydroxyl groups excluding tert-OH is 1. The summed E-state index contributed by atoms with van der Waals surface area (Å²) in [5.41, 5.74) is 7.88. The van der Waals surface area contributed by atoms with Crippen LogP contribution in [0.3, 0.4) is 0 Å². The van der Waals surface area contributed by atoms with Gasteiger partial charge in [-0.1, -0.05) is 13.0 Å². The molecular weight excluding hydrogens is 219 g/mol.